The van der Waals surface area contributed by atoms with Crippen molar-refractivity contribution in [2.45, 2.75) is 39.2 Å². The van der Waals surface area contributed by atoms with Crippen molar-refractivity contribution in [3.8, 4) is 0 Å². The molecule has 0 spiro atoms. The van der Waals surface area contributed by atoms with Gasteiger partial charge >= 0.3 is 0 Å². The monoisotopic (exact) mass is 277 g/mol. The second-order valence-corrected chi connectivity index (χ2v) is 5.10. The number of amides is 1. The van der Waals surface area contributed by atoms with E-state index in [0.29, 0.717) is 12.1 Å². The Labute approximate surface area is 120 Å². The number of carbonyl (C=O) groups is 1. The van der Waals surface area contributed by atoms with Gasteiger partial charge in [-0.2, -0.15) is 0 Å². The van der Waals surface area contributed by atoms with Crippen LogP contribution in [-0.4, -0.2) is 36.7 Å². The molecule has 1 aromatic heterocycles. The van der Waals surface area contributed by atoms with Crippen molar-refractivity contribution in [1.29, 1.82) is 0 Å². The molecule has 110 valence electrons. The highest BCUT2D eigenvalue weighted by Gasteiger charge is 2.17. The number of nitrogens with zero attached hydrogens (tertiary/aromatic N) is 1. The Bertz CT molecular complexity index is 456. The first kappa shape index (κ1) is 14.8. The largest absolute Gasteiger partial charge is 0.385 e. The van der Waals surface area contributed by atoms with Gasteiger partial charge in [0, 0.05) is 31.6 Å². The molecule has 1 aliphatic heterocycles. The third-order valence-electron chi connectivity index (χ3n) is 3.42. The standard InChI is InChI=1S/C15H23N3O2/c1-3-16-14-8-11(2)17-10-13(14)15(19)18-9-12-6-4-5-7-20-12/h8,10,12H,3-7,9H2,1-2H3,(H,16,17)(H,18,19). The lowest BCUT2D eigenvalue weighted by molar-refractivity contribution is 0.0169. The summed E-state index contributed by atoms with van der Waals surface area (Å²) in [4.78, 5) is 16.5. The summed E-state index contributed by atoms with van der Waals surface area (Å²) in [5.74, 6) is -0.0948. The summed E-state index contributed by atoms with van der Waals surface area (Å²) >= 11 is 0. The highest BCUT2D eigenvalue weighted by atomic mass is 16.5. The van der Waals surface area contributed by atoms with E-state index in [4.69, 9.17) is 4.74 Å². The zero-order valence-electron chi connectivity index (χ0n) is 12.2. The fourth-order valence-corrected chi connectivity index (χ4v) is 2.35. The molecule has 2 heterocycles. The number of hydrogen-bond donors (Lipinski definition) is 2. The Kier molecular flexibility index (Phi) is 5.35. The summed E-state index contributed by atoms with van der Waals surface area (Å²) in [5.41, 5.74) is 2.32. The van der Waals surface area contributed by atoms with E-state index >= 15 is 0 Å². The molecule has 1 fully saturated rings. The van der Waals surface area contributed by atoms with Crippen molar-refractivity contribution < 1.29 is 9.53 Å². The van der Waals surface area contributed by atoms with E-state index in [0.717, 1.165) is 37.4 Å². The third kappa shape index (κ3) is 3.93. The number of aryl methyl sites for hydroxylation is 1. The van der Waals surface area contributed by atoms with Crippen LogP contribution in [-0.2, 0) is 4.74 Å². The fraction of sp³-hybridized carbons (Fsp3) is 0.600. The van der Waals surface area contributed by atoms with E-state index in [1.165, 1.54) is 6.42 Å². The van der Waals surface area contributed by atoms with Crippen LogP contribution >= 0.6 is 0 Å². The highest BCUT2D eigenvalue weighted by molar-refractivity contribution is 5.99. The maximum Gasteiger partial charge on any atom is 0.255 e. The molecule has 2 rings (SSSR count). The number of pyridine rings is 1. The normalized spacial score (nSPS) is 18.6. The Morgan fingerprint density at radius 2 is 2.35 bits per heavy atom. The van der Waals surface area contributed by atoms with Gasteiger partial charge in [-0.3, -0.25) is 9.78 Å². The number of ether oxygens (including phenoxy) is 1. The number of anilines is 1. The summed E-state index contributed by atoms with van der Waals surface area (Å²) in [7, 11) is 0. The average molecular weight is 277 g/mol. The van der Waals surface area contributed by atoms with Gasteiger partial charge in [0.1, 0.15) is 0 Å². The van der Waals surface area contributed by atoms with Crippen molar-refractivity contribution in [2.24, 2.45) is 0 Å². The van der Waals surface area contributed by atoms with E-state index in [1.807, 2.05) is 19.9 Å². The predicted octanol–water partition coefficient (Wildman–Crippen LogP) is 2.12. The van der Waals surface area contributed by atoms with Crippen LogP contribution < -0.4 is 10.6 Å². The molecule has 0 bridgehead atoms. The quantitative estimate of drug-likeness (QED) is 0.865. The van der Waals surface area contributed by atoms with Crippen molar-refractivity contribution in [1.82, 2.24) is 10.3 Å². The average Bonchev–Trinajstić information content (AvgIpc) is 2.46. The minimum atomic E-state index is -0.0948. The van der Waals surface area contributed by atoms with E-state index in [1.54, 1.807) is 6.20 Å². The Balaban J connectivity index is 1.97. The second-order valence-electron chi connectivity index (χ2n) is 5.10. The zero-order chi connectivity index (χ0) is 14.4. The van der Waals surface area contributed by atoms with Crippen LogP contribution in [0.1, 0.15) is 42.2 Å². The van der Waals surface area contributed by atoms with Crippen LogP contribution in [0.25, 0.3) is 0 Å². The Hall–Kier alpha value is -1.62. The molecular formula is C15H23N3O2. The van der Waals surface area contributed by atoms with Crippen molar-refractivity contribution in [3.05, 3.63) is 23.5 Å². The van der Waals surface area contributed by atoms with Crippen LogP contribution in [0.15, 0.2) is 12.3 Å². The number of carbonyl (C=O) groups excluding carboxylic acids is 1. The Morgan fingerprint density at radius 1 is 1.50 bits per heavy atom. The molecule has 1 aliphatic rings. The van der Waals surface area contributed by atoms with Crippen molar-refractivity contribution in [2.75, 3.05) is 25.0 Å². The molecule has 0 aromatic carbocycles. The molecule has 1 unspecified atom stereocenters. The summed E-state index contributed by atoms with van der Waals surface area (Å²) in [6, 6.07) is 1.90. The minimum absolute atomic E-state index is 0.0948. The zero-order valence-corrected chi connectivity index (χ0v) is 12.2. The van der Waals surface area contributed by atoms with Crippen LogP contribution in [0.5, 0.6) is 0 Å². The minimum Gasteiger partial charge on any atom is -0.385 e. The molecule has 5 heteroatoms. The summed E-state index contributed by atoms with van der Waals surface area (Å²) in [6.45, 7) is 6.06. The molecule has 0 radical (unpaired) electrons. The number of aromatic nitrogens is 1. The SMILES string of the molecule is CCNc1cc(C)ncc1C(=O)NCC1CCCCO1. The van der Waals surface area contributed by atoms with Crippen LogP contribution in [0.3, 0.4) is 0 Å². The predicted molar refractivity (Wildman–Crippen MR) is 79.1 cm³/mol. The summed E-state index contributed by atoms with van der Waals surface area (Å²) in [5, 5.41) is 6.15. The first-order valence-corrected chi connectivity index (χ1v) is 7.31. The van der Waals surface area contributed by atoms with Gasteiger partial charge in [0.15, 0.2) is 0 Å². The van der Waals surface area contributed by atoms with E-state index in [2.05, 4.69) is 15.6 Å². The summed E-state index contributed by atoms with van der Waals surface area (Å²) < 4.78 is 5.62. The fourth-order valence-electron chi connectivity index (χ4n) is 2.35. The smallest absolute Gasteiger partial charge is 0.255 e. The highest BCUT2D eigenvalue weighted by Crippen LogP contribution is 2.16. The topological polar surface area (TPSA) is 63.2 Å². The first-order valence-electron chi connectivity index (χ1n) is 7.31. The van der Waals surface area contributed by atoms with E-state index in [-0.39, 0.29) is 12.0 Å². The number of hydrogen-bond acceptors (Lipinski definition) is 4. The third-order valence-corrected chi connectivity index (χ3v) is 3.42. The van der Waals surface area contributed by atoms with Gasteiger partial charge in [-0.25, -0.2) is 0 Å². The van der Waals surface area contributed by atoms with Crippen molar-refractivity contribution >= 4 is 11.6 Å². The maximum absolute atomic E-state index is 12.2. The molecule has 1 amide bonds. The lowest BCUT2D eigenvalue weighted by Gasteiger charge is -2.23. The van der Waals surface area contributed by atoms with Gasteiger partial charge in [0.25, 0.3) is 5.91 Å². The van der Waals surface area contributed by atoms with Gasteiger partial charge in [0.05, 0.1) is 17.4 Å². The molecule has 0 saturated carbocycles. The lowest BCUT2D eigenvalue weighted by atomic mass is 10.1. The molecular weight excluding hydrogens is 254 g/mol. The van der Waals surface area contributed by atoms with Gasteiger partial charge in [-0.15, -0.1) is 0 Å². The van der Waals surface area contributed by atoms with Gasteiger partial charge in [-0.05, 0) is 39.2 Å². The van der Waals surface area contributed by atoms with Gasteiger partial charge < -0.3 is 15.4 Å². The summed E-state index contributed by atoms with van der Waals surface area (Å²) in [6.07, 6.45) is 5.09. The maximum atomic E-state index is 12.2. The number of rotatable bonds is 5. The van der Waals surface area contributed by atoms with E-state index < -0.39 is 0 Å². The van der Waals surface area contributed by atoms with Gasteiger partial charge in [0.2, 0.25) is 0 Å². The Morgan fingerprint density at radius 3 is 3.05 bits per heavy atom. The van der Waals surface area contributed by atoms with Crippen LogP contribution in [0, 0.1) is 6.92 Å². The van der Waals surface area contributed by atoms with Crippen LogP contribution in [0.4, 0.5) is 5.69 Å². The van der Waals surface area contributed by atoms with Gasteiger partial charge in [-0.1, -0.05) is 0 Å². The lowest BCUT2D eigenvalue weighted by Crippen LogP contribution is -2.35. The molecule has 1 atom stereocenters. The van der Waals surface area contributed by atoms with Crippen LogP contribution in [0.2, 0.25) is 0 Å². The second kappa shape index (κ2) is 7.24. The molecule has 1 saturated heterocycles. The van der Waals surface area contributed by atoms with Crippen molar-refractivity contribution in [3.63, 3.8) is 0 Å². The molecule has 0 aliphatic carbocycles. The molecule has 20 heavy (non-hydrogen) atoms. The van der Waals surface area contributed by atoms with E-state index in [9.17, 15) is 4.79 Å². The molecule has 1 aromatic rings. The molecule has 2 N–H and O–H groups in total. The molecule has 5 nitrogen and oxygen atoms in total. The number of nitrogens with one attached hydrogen (secondary N) is 2. The first-order chi connectivity index (χ1) is 9.70.